The summed E-state index contributed by atoms with van der Waals surface area (Å²) < 4.78 is 38.7. The van der Waals surface area contributed by atoms with Crippen LogP contribution in [0.5, 0.6) is 0 Å². The number of alkyl halides is 3. The normalized spacial score (nSPS) is 23.6. The molecular weight excluding hydrogens is 333 g/mol. The number of carbonyl (C=O) groups is 1. The average molecular weight is 349 g/mol. The van der Waals surface area contributed by atoms with Crippen LogP contribution in [-0.4, -0.2) is 5.78 Å². The predicted molar refractivity (Wildman–Crippen MR) is 74.6 cm³/mol. The maximum absolute atomic E-state index is 12.7. The number of rotatable bonds is 2. The molecule has 0 saturated heterocycles. The fourth-order valence-electron chi connectivity index (χ4n) is 2.78. The van der Waals surface area contributed by atoms with E-state index < -0.39 is 11.7 Å². The van der Waals surface area contributed by atoms with Gasteiger partial charge in [-0.25, -0.2) is 0 Å². The number of hydrogen-bond donors (Lipinski definition) is 0. The molecule has 0 radical (unpaired) electrons. The number of ketones is 1. The molecular formula is C15H16BrF3O. The Morgan fingerprint density at radius 3 is 2.60 bits per heavy atom. The molecule has 0 aliphatic heterocycles. The van der Waals surface area contributed by atoms with Gasteiger partial charge in [-0.3, -0.25) is 4.79 Å². The van der Waals surface area contributed by atoms with Crippen LogP contribution >= 0.6 is 15.9 Å². The summed E-state index contributed by atoms with van der Waals surface area (Å²) >= 11 is 3.19. The molecule has 1 nitrogen and oxygen atoms in total. The van der Waals surface area contributed by atoms with E-state index in [4.69, 9.17) is 0 Å². The van der Waals surface area contributed by atoms with E-state index in [1.54, 1.807) is 0 Å². The van der Waals surface area contributed by atoms with Crippen molar-refractivity contribution in [1.82, 2.24) is 0 Å². The summed E-state index contributed by atoms with van der Waals surface area (Å²) in [5.41, 5.74) is -0.619. The van der Waals surface area contributed by atoms with Crippen molar-refractivity contribution in [3.63, 3.8) is 0 Å². The van der Waals surface area contributed by atoms with Gasteiger partial charge in [0.05, 0.1) is 5.56 Å². The molecule has 1 aliphatic carbocycles. The predicted octanol–water partition coefficient (Wildman–Crippen LogP) is 5.48. The molecule has 2 unspecified atom stereocenters. The van der Waals surface area contributed by atoms with Crippen molar-refractivity contribution in [2.75, 3.05) is 0 Å². The summed E-state index contributed by atoms with van der Waals surface area (Å²) in [6, 6.07) is 3.26. The van der Waals surface area contributed by atoms with Gasteiger partial charge in [0.2, 0.25) is 0 Å². The Morgan fingerprint density at radius 2 is 2.00 bits per heavy atom. The molecule has 0 amide bonds. The molecule has 0 heterocycles. The topological polar surface area (TPSA) is 17.1 Å². The molecule has 0 aromatic heterocycles. The molecule has 5 heteroatoms. The van der Waals surface area contributed by atoms with Gasteiger partial charge in [-0.1, -0.05) is 35.7 Å². The lowest BCUT2D eigenvalue weighted by Gasteiger charge is -2.26. The Hall–Kier alpha value is -0.840. The third kappa shape index (κ3) is 3.43. The monoisotopic (exact) mass is 348 g/mol. The van der Waals surface area contributed by atoms with Crippen molar-refractivity contribution in [3.8, 4) is 0 Å². The number of hydrogen-bond acceptors (Lipinski definition) is 1. The Bertz CT molecular complexity index is 510. The number of Topliss-reactive ketones (excluding diaryl/α,β-unsaturated/α-hetero) is 1. The first-order chi connectivity index (χ1) is 9.29. The molecule has 1 aromatic rings. The molecule has 1 aromatic carbocycles. The second-order valence-electron chi connectivity index (χ2n) is 5.53. The van der Waals surface area contributed by atoms with Crippen LogP contribution in [0.2, 0.25) is 0 Å². The summed E-state index contributed by atoms with van der Waals surface area (Å²) in [4.78, 5) is 12.4. The van der Waals surface area contributed by atoms with Gasteiger partial charge < -0.3 is 0 Å². The van der Waals surface area contributed by atoms with Gasteiger partial charge in [0.25, 0.3) is 0 Å². The zero-order valence-corrected chi connectivity index (χ0v) is 12.7. The zero-order valence-electron chi connectivity index (χ0n) is 11.1. The Labute approximate surface area is 124 Å². The van der Waals surface area contributed by atoms with Gasteiger partial charge in [-0.05, 0) is 37.0 Å². The molecule has 2 atom stereocenters. The van der Waals surface area contributed by atoms with E-state index in [1.807, 2.05) is 0 Å². The van der Waals surface area contributed by atoms with E-state index in [1.165, 1.54) is 6.07 Å². The fourth-order valence-corrected chi connectivity index (χ4v) is 3.22. The standard InChI is InChI=1S/C15H16BrF3O/c1-9-3-2-4-10(7-9)14(20)12-8-11(15(17,18)19)5-6-13(12)16/h5-6,8-10H,2-4,7H2,1H3. The summed E-state index contributed by atoms with van der Waals surface area (Å²) in [5.74, 6) is 0.135. The second kappa shape index (κ2) is 5.88. The average Bonchev–Trinajstić information content (AvgIpc) is 2.37. The molecule has 1 aliphatic rings. The molecule has 2 rings (SSSR count). The van der Waals surface area contributed by atoms with Crippen LogP contribution in [0.3, 0.4) is 0 Å². The lowest BCUT2D eigenvalue weighted by Crippen LogP contribution is -2.22. The quantitative estimate of drug-likeness (QED) is 0.647. The fraction of sp³-hybridized carbons (Fsp3) is 0.533. The summed E-state index contributed by atoms with van der Waals surface area (Å²) in [5, 5.41) is 0. The molecule has 20 heavy (non-hydrogen) atoms. The van der Waals surface area contributed by atoms with Crippen LogP contribution in [0, 0.1) is 11.8 Å². The Kier molecular flexibility index (Phi) is 4.57. The first kappa shape index (κ1) is 15.5. The van der Waals surface area contributed by atoms with E-state index in [0.29, 0.717) is 10.4 Å². The summed E-state index contributed by atoms with van der Waals surface area (Å²) in [6.07, 6.45) is -0.829. The minimum atomic E-state index is -4.42. The third-order valence-corrected chi connectivity index (χ3v) is 4.56. The van der Waals surface area contributed by atoms with Crippen molar-refractivity contribution >= 4 is 21.7 Å². The van der Waals surface area contributed by atoms with E-state index >= 15 is 0 Å². The third-order valence-electron chi connectivity index (χ3n) is 3.87. The number of benzene rings is 1. The first-order valence-corrected chi connectivity index (χ1v) is 7.49. The van der Waals surface area contributed by atoms with Gasteiger partial charge in [-0.2, -0.15) is 13.2 Å². The lowest BCUT2D eigenvalue weighted by molar-refractivity contribution is -0.137. The SMILES string of the molecule is CC1CCCC(C(=O)c2cc(C(F)(F)F)ccc2Br)C1. The highest BCUT2D eigenvalue weighted by Crippen LogP contribution is 2.35. The summed E-state index contributed by atoms with van der Waals surface area (Å²) in [7, 11) is 0. The Balaban J connectivity index is 2.29. The van der Waals surface area contributed by atoms with Gasteiger partial charge in [0.15, 0.2) is 5.78 Å². The Morgan fingerprint density at radius 1 is 1.30 bits per heavy atom. The molecule has 110 valence electrons. The van der Waals surface area contributed by atoms with Crippen molar-refractivity contribution in [1.29, 1.82) is 0 Å². The smallest absolute Gasteiger partial charge is 0.294 e. The van der Waals surface area contributed by atoms with E-state index in [-0.39, 0.29) is 17.3 Å². The lowest BCUT2D eigenvalue weighted by atomic mass is 9.78. The highest BCUT2D eigenvalue weighted by molar-refractivity contribution is 9.10. The van der Waals surface area contributed by atoms with Crippen LogP contribution in [0.15, 0.2) is 22.7 Å². The number of carbonyl (C=O) groups excluding carboxylic acids is 1. The van der Waals surface area contributed by atoms with Crippen molar-refractivity contribution in [3.05, 3.63) is 33.8 Å². The van der Waals surface area contributed by atoms with Crippen LogP contribution in [0.1, 0.15) is 48.5 Å². The minimum absolute atomic E-state index is 0.152. The van der Waals surface area contributed by atoms with E-state index in [2.05, 4.69) is 22.9 Å². The van der Waals surface area contributed by atoms with Crippen LogP contribution in [0.25, 0.3) is 0 Å². The van der Waals surface area contributed by atoms with Gasteiger partial charge in [0.1, 0.15) is 0 Å². The second-order valence-corrected chi connectivity index (χ2v) is 6.38. The van der Waals surface area contributed by atoms with Crippen molar-refractivity contribution in [2.45, 2.75) is 38.8 Å². The molecule has 1 saturated carbocycles. The highest BCUT2D eigenvalue weighted by atomic mass is 79.9. The largest absolute Gasteiger partial charge is 0.416 e. The maximum atomic E-state index is 12.7. The maximum Gasteiger partial charge on any atom is 0.416 e. The van der Waals surface area contributed by atoms with E-state index in [0.717, 1.165) is 37.8 Å². The molecule has 1 fully saturated rings. The van der Waals surface area contributed by atoms with Gasteiger partial charge >= 0.3 is 6.18 Å². The van der Waals surface area contributed by atoms with E-state index in [9.17, 15) is 18.0 Å². The highest BCUT2D eigenvalue weighted by Gasteiger charge is 2.33. The first-order valence-electron chi connectivity index (χ1n) is 6.70. The minimum Gasteiger partial charge on any atom is -0.294 e. The van der Waals surface area contributed by atoms with Crippen LogP contribution in [0.4, 0.5) is 13.2 Å². The molecule has 0 N–H and O–H groups in total. The van der Waals surface area contributed by atoms with Crippen LogP contribution < -0.4 is 0 Å². The zero-order chi connectivity index (χ0) is 14.9. The van der Waals surface area contributed by atoms with Crippen molar-refractivity contribution in [2.24, 2.45) is 11.8 Å². The van der Waals surface area contributed by atoms with Crippen molar-refractivity contribution < 1.29 is 18.0 Å². The van der Waals surface area contributed by atoms with Gasteiger partial charge in [-0.15, -0.1) is 0 Å². The van der Waals surface area contributed by atoms with Gasteiger partial charge in [0, 0.05) is 16.0 Å². The van der Waals surface area contributed by atoms with Crippen LogP contribution in [-0.2, 0) is 6.18 Å². The number of halogens is 4. The molecule has 0 bridgehead atoms. The molecule has 0 spiro atoms. The summed E-state index contributed by atoms with van der Waals surface area (Å²) in [6.45, 7) is 2.08.